The molecule has 1 unspecified atom stereocenters. The van der Waals surface area contributed by atoms with Crippen LogP contribution in [0.2, 0.25) is 0 Å². The Hall–Kier alpha value is -2.53. The lowest BCUT2D eigenvalue weighted by Crippen LogP contribution is -2.14. The first-order chi connectivity index (χ1) is 8.90. The molecule has 1 atom stereocenters. The molecule has 0 aliphatic carbocycles. The highest BCUT2D eigenvalue weighted by Gasteiger charge is 2.24. The molecule has 0 aliphatic heterocycles. The summed E-state index contributed by atoms with van der Waals surface area (Å²) in [5.74, 6) is -2.36. The summed E-state index contributed by atoms with van der Waals surface area (Å²) < 4.78 is 28.4. The number of carbonyl (C=O) groups excluding carboxylic acids is 1. The van der Waals surface area contributed by atoms with Gasteiger partial charge in [-0.15, -0.1) is 0 Å². The Balaban J connectivity index is 3.48. The van der Waals surface area contributed by atoms with Crippen LogP contribution in [-0.4, -0.2) is 29.1 Å². The highest BCUT2D eigenvalue weighted by Crippen LogP contribution is 2.29. The second kappa shape index (κ2) is 5.88. The third-order valence-electron chi connectivity index (χ3n) is 2.15. The van der Waals surface area contributed by atoms with E-state index in [1.54, 1.807) is 0 Å². The Morgan fingerprint density at radius 2 is 2.11 bits per heavy atom. The fourth-order valence-electron chi connectivity index (χ4n) is 1.38. The average molecular weight is 271 g/mol. The van der Waals surface area contributed by atoms with E-state index >= 15 is 0 Å². The van der Waals surface area contributed by atoms with Gasteiger partial charge in [-0.2, -0.15) is 14.0 Å². The quantitative estimate of drug-likeness (QED) is 0.776. The van der Waals surface area contributed by atoms with E-state index in [2.05, 4.69) is 4.74 Å². The van der Waals surface area contributed by atoms with Crippen LogP contribution in [0.4, 0.5) is 8.78 Å². The molecule has 1 aromatic carbocycles. The van der Waals surface area contributed by atoms with Crippen molar-refractivity contribution in [2.45, 2.75) is 12.7 Å². The monoisotopic (exact) mass is 271 g/mol. The molecule has 2 N–H and O–H groups in total. The van der Waals surface area contributed by atoms with Crippen LogP contribution in [0, 0.1) is 11.3 Å². The molecule has 0 saturated heterocycles. The zero-order valence-corrected chi connectivity index (χ0v) is 9.21. The maximum Gasteiger partial charge on any atom is 0.387 e. The fourth-order valence-corrected chi connectivity index (χ4v) is 1.38. The minimum Gasteiger partial charge on any atom is -0.479 e. The number of nitrogens with zero attached hydrogens (tertiary/aromatic N) is 1. The molecule has 8 heteroatoms. The van der Waals surface area contributed by atoms with E-state index in [4.69, 9.17) is 10.4 Å². The number of halogens is 2. The second-order valence-corrected chi connectivity index (χ2v) is 3.33. The summed E-state index contributed by atoms with van der Waals surface area (Å²) in [6, 6.07) is 3.24. The molecular weight excluding hydrogens is 264 g/mol. The smallest absolute Gasteiger partial charge is 0.387 e. The van der Waals surface area contributed by atoms with Crippen LogP contribution in [0.25, 0.3) is 0 Å². The van der Waals surface area contributed by atoms with Gasteiger partial charge in [-0.05, 0) is 12.1 Å². The number of aldehydes is 1. The Kier molecular flexibility index (Phi) is 4.50. The Bertz CT molecular complexity index is 553. The van der Waals surface area contributed by atoms with Crippen LogP contribution >= 0.6 is 0 Å². The van der Waals surface area contributed by atoms with Crippen molar-refractivity contribution in [3.63, 3.8) is 0 Å². The first-order valence-corrected chi connectivity index (χ1v) is 4.79. The third-order valence-corrected chi connectivity index (χ3v) is 2.15. The summed E-state index contributed by atoms with van der Waals surface area (Å²) in [4.78, 5) is 21.3. The van der Waals surface area contributed by atoms with E-state index in [-0.39, 0.29) is 11.8 Å². The van der Waals surface area contributed by atoms with Gasteiger partial charge in [0.1, 0.15) is 23.7 Å². The Labute approximate surface area is 105 Å². The van der Waals surface area contributed by atoms with Crippen molar-refractivity contribution in [1.82, 2.24) is 0 Å². The lowest BCUT2D eigenvalue weighted by Gasteiger charge is -2.13. The third kappa shape index (κ3) is 3.23. The van der Waals surface area contributed by atoms with Gasteiger partial charge in [-0.1, -0.05) is 0 Å². The molecule has 0 aromatic heterocycles. The van der Waals surface area contributed by atoms with Gasteiger partial charge < -0.3 is 14.9 Å². The summed E-state index contributed by atoms with van der Waals surface area (Å²) >= 11 is 0. The molecule has 6 nitrogen and oxygen atoms in total. The number of carboxylic acid groups (broad SMARTS) is 1. The number of aliphatic hydroxyl groups excluding tert-OH is 1. The van der Waals surface area contributed by atoms with Crippen molar-refractivity contribution in [3.8, 4) is 11.8 Å². The van der Waals surface area contributed by atoms with E-state index < -0.39 is 35.6 Å². The van der Waals surface area contributed by atoms with Crippen molar-refractivity contribution in [1.29, 1.82) is 5.26 Å². The molecule has 1 rings (SSSR count). The molecule has 0 radical (unpaired) electrons. The first kappa shape index (κ1) is 14.5. The molecule has 0 amide bonds. The number of benzene rings is 1. The normalized spacial score (nSPS) is 11.7. The van der Waals surface area contributed by atoms with E-state index in [9.17, 15) is 23.5 Å². The van der Waals surface area contributed by atoms with Gasteiger partial charge in [0.05, 0.1) is 0 Å². The minimum atomic E-state index is -3.26. The lowest BCUT2D eigenvalue weighted by atomic mass is 9.99. The Morgan fingerprint density at radius 3 is 2.53 bits per heavy atom. The zero-order valence-electron chi connectivity index (χ0n) is 9.21. The van der Waals surface area contributed by atoms with Crippen LogP contribution in [0.3, 0.4) is 0 Å². The molecule has 0 aliphatic rings. The molecule has 100 valence electrons. The second-order valence-electron chi connectivity index (χ2n) is 3.33. The van der Waals surface area contributed by atoms with Crippen molar-refractivity contribution < 1.29 is 33.3 Å². The maximum atomic E-state index is 12.2. The molecule has 0 fully saturated rings. The van der Waals surface area contributed by atoms with Gasteiger partial charge in [-0.25, -0.2) is 4.79 Å². The molecule has 0 heterocycles. The van der Waals surface area contributed by atoms with E-state index in [1.165, 1.54) is 6.07 Å². The van der Waals surface area contributed by atoms with Crippen LogP contribution in [-0.2, 0) is 4.79 Å². The molecule has 0 spiro atoms. The highest BCUT2D eigenvalue weighted by atomic mass is 19.3. The van der Waals surface area contributed by atoms with E-state index in [0.717, 1.165) is 12.1 Å². The van der Waals surface area contributed by atoms with Crippen molar-refractivity contribution >= 4 is 12.3 Å². The van der Waals surface area contributed by atoms with Gasteiger partial charge in [0.15, 0.2) is 6.10 Å². The van der Waals surface area contributed by atoms with Gasteiger partial charge >= 0.3 is 12.6 Å². The summed E-state index contributed by atoms with van der Waals surface area (Å²) in [5, 5.41) is 26.9. The number of nitriles is 1. The van der Waals surface area contributed by atoms with Gasteiger partial charge in [-0.3, -0.25) is 4.79 Å². The lowest BCUT2D eigenvalue weighted by molar-refractivity contribution is -0.146. The highest BCUT2D eigenvalue weighted by molar-refractivity contribution is 5.81. The number of carbonyl (C=O) groups is 2. The van der Waals surface area contributed by atoms with Gasteiger partial charge in [0.25, 0.3) is 0 Å². The van der Waals surface area contributed by atoms with Crippen LogP contribution in [0.15, 0.2) is 12.1 Å². The number of hydrogen-bond donors (Lipinski definition) is 2. The number of aliphatic hydroxyl groups is 1. The molecule has 19 heavy (non-hydrogen) atoms. The number of alkyl halides is 2. The minimum absolute atomic E-state index is 0.204. The number of aliphatic carboxylic acids is 1. The molecule has 0 bridgehead atoms. The predicted octanol–water partition coefficient (Wildman–Crippen LogP) is 1.09. The summed E-state index contributed by atoms with van der Waals surface area (Å²) in [6.45, 7) is -3.26. The largest absolute Gasteiger partial charge is 0.479 e. The number of rotatable bonds is 5. The first-order valence-electron chi connectivity index (χ1n) is 4.79. The number of hydrogen-bond acceptors (Lipinski definition) is 5. The molecular formula is C11H7F2NO5. The van der Waals surface area contributed by atoms with Gasteiger partial charge in [0.2, 0.25) is 0 Å². The standard InChI is InChI=1S/C11H7F2NO5/c12-11(13)19-8-2-5(4-15)1-6(7(8)3-14)9(16)10(17)18/h1-2,4,9,11,16H,(H,17,18). The summed E-state index contributed by atoms with van der Waals surface area (Å²) in [6.07, 6.45) is -1.88. The maximum absolute atomic E-state index is 12.2. The van der Waals surface area contributed by atoms with Crippen molar-refractivity contribution in [2.24, 2.45) is 0 Å². The van der Waals surface area contributed by atoms with Gasteiger partial charge in [0, 0.05) is 11.1 Å². The van der Waals surface area contributed by atoms with Crippen molar-refractivity contribution in [3.05, 3.63) is 28.8 Å². The average Bonchev–Trinajstić information content (AvgIpc) is 2.35. The topological polar surface area (TPSA) is 108 Å². The van der Waals surface area contributed by atoms with E-state index in [1.807, 2.05) is 0 Å². The summed E-state index contributed by atoms with van der Waals surface area (Å²) in [5.41, 5.74) is -1.26. The van der Waals surface area contributed by atoms with E-state index in [0.29, 0.717) is 0 Å². The molecule has 0 saturated carbocycles. The van der Waals surface area contributed by atoms with Crippen LogP contribution in [0.5, 0.6) is 5.75 Å². The predicted molar refractivity (Wildman–Crippen MR) is 55.8 cm³/mol. The fraction of sp³-hybridized carbons (Fsp3) is 0.182. The summed E-state index contributed by atoms with van der Waals surface area (Å²) in [7, 11) is 0. The molecule has 1 aromatic rings. The number of ether oxygens (including phenoxy) is 1. The number of carboxylic acids is 1. The van der Waals surface area contributed by atoms with Crippen LogP contribution in [0.1, 0.15) is 27.6 Å². The van der Waals surface area contributed by atoms with Crippen molar-refractivity contribution in [2.75, 3.05) is 0 Å². The Morgan fingerprint density at radius 1 is 1.47 bits per heavy atom. The van der Waals surface area contributed by atoms with Crippen LogP contribution < -0.4 is 4.74 Å². The SMILES string of the molecule is N#Cc1c(OC(F)F)cc(C=O)cc1C(O)C(=O)O. The zero-order chi connectivity index (χ0) is 14.6.